The van der Waals surface area contributed by atoms with Gasteiger partial charge in [-0.2, -0.15) is 0 Å². The average Bonchev–Trinajstić information content (AvgIpc) is 3.07. The first kappa shape index (κ1) is 25.9. The predicted octanol–water partition coefficient (Wildman–Crippen LogP) is 11.8. The highest BCUT2D eigenvalue weighted by Crippen LogP contribution is 2.47. The first-order chi connectivity index (χ1) is 21.7. The maximum absolute atomic E-state index is 14.6. The molecule has 44 heavy (non-hydrogen) atoms. The summed E-state index contributed by atoms with van der Waals surface area (Å²) >= 11 is 0. The van der Waals surface area contributed by atoms with E-state index in [-0.39, 0.29) is 11.6 Å². The van der Waals surface area contributed by atoms with Gasteiger partial charge in [-0.25, -0.2) is 8.78 Å². The zero-order chi connectivity index (χ0) is 29.6. The molecule has 4 heteroatoms. The van der Waals surface area contributed by atoms with Gasteiger partial charge in [-0.15, -0.1) is 0 Å². The highest BCUT2D eigenvalue weighted by atomic mass is 19.1. The van der Waals surface area contributed by atoms with Crippen molar-refractivity contribution in [3.05, 3.63) is 169 Å². The maximum Gasteiger partial charge on any atom is 0.125 e. The number of hydrogen-bond acceptors (Lipinski definition) is 2. The van der Waals surface area contributed by atoms with Crippen LogP contribution in [-0.4, -0.2) is 0 Å². The first-order valence-electron chi connectivity index (χ1n) is 14.6. The van der Waals surface area contributed by atoms with Crippen LogP contribution in [0, 0.1) is 11.6 Å². The van der Waals surface area contributed by atoms with Gasteiger partial charge in [-0.1, -0.05) is 78.9 Å². The molecule has 0 fully saturated rings. The summed E-state index contributed by atoms with van der Waals surface area (Å²) in [7, 11) is 0. The van der Waals surface area contributed by atoms with Crippen LogP contribution in [0.2, 0.25) is 0 Å². The second kappa shape index (κ2) is 10.5. The highest BCUT2D eigenvalue weighted by molar-refractivity contribution is 6.28. The number of rotatable bonds is 6. The van der Waals surface area contributed by atoms with Crippen molar-refractivity contribution in [3.63, 3.8) is 0 Å². The van der Waals surface area contributed by atoms with Crippen molar-refractivity contribution < 1.29 is 8.78 Å². The zero-order valence-electron chi connectivity index (χ0n) is 23.7. The number of nitrogens with zero attached hydrogens (tertiary/aromatic N) is 2. The molecule has 0 N–H and O–H groups in total. The minimum atomic E-state index is -0.285. The predicted molar refractivity (Wildman–Crippen MR) is 179 cm³/mol. The van der Waals surface area contributed by atoms with Crippen LogP contribution in [0.4, 0.5) is 42.9 Å². The van der Waals surface area contributed by atoms with Crippen molar-refractivity contribution in [2.45, 2.75) is 0 Å². The van der Waals surface area contributed by atoms with E-state index >= 15 is 0 Å². The van der Waals surface area contributed by atoms with Crippen LogP contribution >= 0.6 is 0 Å². The Morgan fingerprint density at radius 2 is 0.795 bits per heavy atom. The van der Waals surface area contributed by atoms with Gasteiger partial charge in [0.1, 0.15) is 11.6 Å². The highest BCUT2D eigenvalue weighted by Gasteiger charge is 2.21. The van der Waals surface area contributed by atoms with Crippen LogP contribution < -0.4 is 9.80 Å². The number of para-hydroxylation sites is 2. The fourth-order valence-corrected chi connectivity index (χ4v) is 6.37. The molecule has 0 aliphatic carbocycles. The van der Waals surface area contributed by atoms with E-state index in [0.717, 1.165) is 66.4 Å². The number of hydrogen-bond donors (Lipinski definition) is 0. The third-order valence-corrected chi connectivity index (χ3v) is 8.28. The summed E-state index contributed by atoms with van der Waals surface area (Å²) in [5, 5.41) is 6.70. The van der Waals surface area contributed by atoms with Crippen molar-refractivity contribution in [1.29, 1.82) is 0 Å². The molecule has 8 aromatic rings. The third-order valence-electron chi connectivity index (χ3n) is 8.28. The van der Waals surface area contributed by atoms with Gasteiger partial charge in [-0.05, 0) is 100 Å². The van der Waals surface area contributed by atoms with Gasteiger partial charge in [0.2, 0.25) is 0 Å². The van der Waals surface area contributed by atoms with Crippen molar-refractivity contribution in [1.82, 2.24) is 0 Å². The largest absolute Gasteiger partial charge is 0.310 e. The van der Waals surface area contributed by atoms with E-state index in [2.05, 4.69) is 70.5 Å². The van der Waals surface area contributed by atoms with E-state index in [4.69, 9.17) is 0 Å². The van der Waals surface area contributed by atoms with E-state index in [1.807, 2.05) is 66.7 Å². The molecule has 0 heterocycles. The Kier molecular flexibility index (Phi) is 6.20. The molecule has 0 bridgehead atoms. The minimum Gasteiger partial charge on any atom is -0.310 e. The monoisotopic (exact) mass is 572 g/mol. The van der Waals surface area contributed by atoms with Crippen LogP contribution in [0.25, 0.3) is 32.3 Å². The lowest BCUT2D eigenvalue weighted by Gasteiger charge is -2.29. The molecule has 210 valence electrons. The lowest BCUT2D eigenvalue weighted by molar-refractivity contribution is 0.627. The fraction of sp³-hybridized carbons (Fsp3) is 0. The van der Waals surface area contributed by atoms with Gasteiger partial charge < -0.3 is 9.80 Å². The number of benzene rings is 8. The maximum atomic E-state index is 14.6. The smallest absolute Gasteiger partial charge is 0.125 e. The van der Waals surface area contributed by atoms with Crippen LogP contribution in [0.1, 0.15) is 0 Å². The van der Waals surface area contributed by atoms with Crippen LogP contribution in [0.3, 0.4) is 0 Å². The van der Waals surface area contributed by atoms with Crippen LogP contribution in [-0.2, 0) is 0 Å². The summed E-state index contributed by atoms with van der Waals surface area (Å²) < 4.78 is 28.6. The van der Waals surface area contributed by atoms with Gasteiger partial charge in [0.15, 0.2) is 0 Å². The SMILES string of the molecule is Fc1ccc(N(c2ccccc2)c2ccc3ccc4c(N(c5ccccc5)c5cccc(F)c5)ccc5ccc2c3c54)cc1. The Hall–Kier alpha value is -5.74. The van der Waals surface area contributed by atoms with E-state index < -0.39 is 0 Å². The first-order valence-corrected chi connectivity index (χ1v) is 14.6. The quantitative estimate of drug-likeness (QED) is 0.183. The number of halogens is 2. The lowest BCUT2D eigenvalue weighted by Crippen LogP contribution is -2.11. The summed E-state index contributed by atoms with van der Waals surface area (Å²) in [4.78, 5) is 4.29. The average molecular weight is 573 g/mol. The summed E-state index contributed by atoms with van der Waals surface area (Å²) in [6.07, 6.45) is 0. The molecule has 0 saturated heterocycles. The molecule has 0 aliphatic rings. The van der Waals surface area contributed by atoms with Gasteiger partial charge in [0.05, 0.1) is 11.4 Å². The Morgan fingerprint density at radius 3 is 1.32 bits per heavy atom. The minimum absolute atomic E-state index is 0.272. The molecular weight excluding hydrogens is 546 g/mol. The van der Waals surface area contributed by atoms with Gasteiger partial charge in [0.25, 0.3) is 0 Å². The molecule has 8 aromatic carbocycles. The summed E-state index contributed by atoms with van der Waals surface area (Å²) in [5.74, 6) is -0.557. The van der Waals surface area contributed by atoms with Gasteiger partial charge >= 0.3 is 0 Å². The zero-order valence-corrected chi connectivity index (χ0v) is 23.7. The van der Waals surface area contributed by atoms with E-state index in [0.29, 0.717) is 0 Å². The molecule has 0 atom stereocenters. The normalized spacial score (nSPS) is 11.4. The summed E-state index contributed by atoms with van der Waals surface area (Å²) in [6.45, 7) is 0. The Balaban J connectivity index is 1.41. The van der Waals surface area contributed by atoms with Crippen molar-refractivity contribution in [2.75, 3.05) is 9.80 Å². The van der Waals surface area contributed by atoms with E-state index in [1.165, 1.54) is 18.2 Å². The van der Waals surface area contributed by atoms with Crippen LogP contribution in [0.5, 0.6) is 0 Å². The standard InChI is InChI=1S/C40H26F2N2/c41-29-18-20-33(21-19-29)43(31-9-3-1-4-10-31)37-24-16-27-15-23-36-38(25-17-28-14-22-35(37)39(27)40(28)36)44(32-11-5-2-6-12-32)34-13-7-8-30(42)26-34/h1-26H. The van der Waals surface area contributed by atoms with Gasteiger partial charge in [0, 0.05) is 33.5 Å². The third kappa shape index (κ3) is 4.31. The molecule has 0 saturated carbocycles. The Labute approximate surface area is 254 Å². The molecule has 0 radical (unpaired) electrons. The molecule has 0 unspecified atom stereocenters. The second-order valence-corrected chi connectivity index (χ2v) is 10.9. The van der Waals surface area contributed by atoms with E-state index in [1.54, 1.807) is 12.1 Å². The molecule has 0 spiro atoms. The lowest BCUT2D eigenvalue weighted by atomic mass is 9.91. The van der Waals surface area contributed by atoms with Crippen LogP contribution in [0.15, 0.2) is 158 Å². The molecule has 0 aliphatic heterocycles. The topological polar surface area (TPSA) is 6.48 Å². The van der Waals surface area contributed by atoms with Crippen molar-refractivity contribution in [3.8, 4) is 0 Å². The van der Waals surface area contributed by atoms with Gasteiger partial charge in [-0.3, -0.25) is 0 Å². The molecule has 0 aromatic heterocycles. The van der Waals surface area contributed by atoms with Crippen molar-refractivity contribution in [2.24, 2.45) is 0 Å². The number of anilines is 6. The van der Waals surface area contributed by atoms with Crippen molar-refractivity contribution >= 4 is 66.4 Å². The van der Waals surface area contributed by atoms with E-state index in [9.17, 15) is 8.78 Å². The Bertz CT molecular complexity index is 2250. The molecule has 8 rings (SSSR count). The molecule has 2 nitrogen and oxygen atoms in total. The molecular formula is C40H26F2N2. The summed E-state index contributed by atoms with van der Waals surface area (Å²) in [5.41, 5.74) is 5.51. The molecule has 0 amide bonds. The fourth-order valence-electron chi connectivity index (χ4n) is 6.37. The Morgan fingerprint density at radius 1 is 0.341 bits per heavy atom. The summed E-state index contributed by atoms with van der Waals surface area (Å²) in [6, 6.07) is 50.8. The second-order valence-electron chi connectivity index (χ2n) is 10.9.